The number of amides is 1. The number of carbonyl (C=O) groups is 1. The van der Waals surface area contributed by atoms with E-state index in [0.717, 1.165) is 21.2 Å². The number of hydrogen-bond acceptors (Lipinski definition) is 1. The van der Waals surface area contributed by atoms with E-state index in [1.165, 1.54) is 0 Å². The zero-order chi connectivity index (χ0) is 11.7. The van der Waals surface area contributed by atoms with Crippen LogP contribution in [0.15, 0.2) is 39.8 Å². The molecule has 16 heavy (non-hydrogen) atoms. The first kappa shape index (κ1) is 11.9. The first-order valence-corrected chi connectivity index (χ1v) is 6.58. The van der Waals surface area contributed by atoms with Crippen molar-refractivity contribution >= 4 is 43.5 Å². The lowest BCUT2D eigenvalue weighted by molar-refractivity contribution is -0.117. The molecule has 1 fully saturated rings. The molecule has 2 rings (SSSR count). The number of carbonyl (C=O) groups excluding carboxylic acids is 1. The largest absolute Gasteiger partial charge is 0.312 e. The summed E-state index contributed by atoms with van der Waals surface area (Å²) in [4.78, 5) is 13.6. The number of nitrogens with zero attached hydrogens (tertiary/aromatic N) is 1. The smallest absolute Gasteiger partial charge is 0.227 e. The van der Waals surface area contributed by atoms with Gasteiger partial charge in [0.1, 0.15) is 0 Å². The van der Waals surface area contributed by atoms with E-state index in [1.807, 2.05) is 29.2 Å². The van der Waals surface area contributed by atoms with Crippen molar-refractivity contribution < 1.29 is 4.79 Å². The molecule has 0 N–H and O–H groups in total. The molecular weight excluding hydrogens is 334 g/mol. The predicted molar refractivity (Wildman–Crippen MR) is 72.5 cm³/mol. The zero-order valence-electron chi connectivity index (χ0n) is 8.62. The fourth-order valence-electron chi connectivity index (χ4n) is 1.84. The van der Waals surface area contributed by atoms with Crippen molar-refractivity contribution in [1.29, 1.82) is 0 Å². The van der Waals surface area contributed by atoms with Gasteiger partial charge in [-0.25, -0.2) is 0 Å². The molecule has 84 valence electrons. The molecule has 1 saturated heterocycles. The van der Waals surface area contributed by atoms with Crippen LogP contribution in [0.2, 0.25) is 0 Å². The van der Waals surface area contributed by atoms with Crippen LogP contribution in [0, 0.1) is 5.92 Å². The summed E-state index contributed by atoms with van der Waals surface area (Å²) in [7, 11) is 0. The van der Waals surface area contributed by atoms with Crippen LogP contribution in [-0.4, -0.2) is 12.5 Å². The Kier molecular flexibility index (Phi) is 3.50. The second-order valence-corrected chi connectivity index (χ2v) is 5.66. The molecule has 0 radical (unpaired) electrons. The van der Waals surface area contributed by atoms with Crippen LogP contribution in [0.1, 0.15) is 6.42 Å². The van der Waals surface area contributed by atoms with Gasteiger partial charge in [-0.1, -0.05) is 37.9 Å². The average molecular weight is 345 g/mol. The van der Waals surface area contributed by atoms with Gasteiger partial charge >= 0.3 is 0 Å². The van der Waals surface area contributed by atoms with E-state index in [-0.39, 0.29) is 11.8 Å². The molecule has 1 aromatic carbocycles. The Labute approximate surface area is 112 Å². The maximum atomic E-state index is 11.8. The van der Waals surface area contributed by atoms with E-state index in [1.54, 1.807) is 0 Å². The molecule has 1 unspecified atom stereocenters. The Morgan fingerprint density at radius 2 is 1.94 bits per heavy atom. The molecule has 1 amide bonds. The van der Waals surface area contributed by atoms with Crippen molar-refractivity contribution in [2.75, 3.05) is 11.4 Å². The van der Waals surface area contributed by atoms with Gasteiger partial charge in [0.2, 0.25) is 5.91 Å². The lowest BCUT2D eigenvalue weighted by atomic mass is 10.1. The zero-order valence-corrected chi connectivity index (χ0v) is 11.8. The van der Waals surface area contributed by atoms with Gasteiger partial charge < -0.3 is 4.90 Å². The highest BCUT2D eigenvalue weighted by Gasteiger charge is 2.28. The van der Waals surface area contributed by atoms with Crippen LogP contribution in [0.3, 0.4) is 0 Å². The molecule has 1 aromatic rings. The van der Waals surface area contributed by atoms with Crippen LogP contribution in [0.25, 0.3) is 0 Å². The Hall–Kier alpha value is -0.610. The molecule has 1 aliphatic rings. The summed E-state index contributed by atoms with van der Waals surface area (Å²) in [5, 5.41) is 0. The van der Waals surface area contributed by atoms with Crippen molar-refractivity contribution in [2.24, 2.45) is 5.92 Å². The molecule has 1 atom stereocenters. The van der Waals surface area contributed by atoms with Gasteiger partial charge in [0.15, 0.2) is 0 Å². The van der Waals surface area contributed by atoms with Crippen molar-refractivity contribution in [1.82, 2.24) is 0 Å². The van der Waals surface area contributed by atoms with E-state index in [0.29, 0.717) is 6.42 Å². The van der Waals surface area contributed by atoms with E-state index >= 15 is 0 Å². The van der Waals surface area contributed by atoms with Gasteiger partial charge in [-0.2, -0.15) is 0 Å². The van der Waals surface area contributed by atoms with Gasteiger partial charge in [-0.15, -0.1) is 6.58 Å². The molecule has 0 bridgehead atoms. The minimum atomic E-state index is 0.162. The van der Waals surface area contributed by atoms with Crippen LogP contribution in [0.5, 0.6) is 0 Å². The highest BCUT2D eigenvalue weighted by Crippen LogP contribution is 2.30. The molecule has 0 aromatic heterocycles. The normalized spacial score (nSPS) is 20.2. The van der Waals surface area contributed by atoms with E-state index in [4.69, 9.17) is 0 Å². The fourth-order valence-corrected chi connectivity index (χ4v) is 3.11. The third-order valence-electron chi connectivity index (χ3n) is 2.65. The topological polar surface area (TPSA) is 20.3 Å². The Morgan fingerprint density at radius 1 is 1.31 bits per heavy atom. The minimum Gasteiger partial charge on any atom is -0.312 e. The lowest BCUT2D eigenvalue weighted by Crippen LogP contribution is -2.24. The summed E-state index contributed by atoms with van der Waals surface area (Å²) in [6.07, 6.45) is 2.42. The van der Waals surface area contributed by atoms with E-state index < -0.39 is 0 Å². The second-order valence-electron chi connectivity index (χ2n) is 3.83. The standard InChI is InChI=1S/C12H11Br2NO/c1-2-8-3-12(16)15(7-8)11-5-9(13)4-10(14)6-11/h2,4-6,8H,1,3,7H2. The van der Waals surface area contributed by atoms with Crippen molar-refractivity contribution in [2.45, 2.75) is 6.42 Å². The maximum Gasteiger partial charge on any atom is 0.227 e. The van der Waals surface area contributed by atoms with Gasteiger partial charge in [-0.05, 0) is 18.2 Å². The second kappa shape index (κ2) is 4.72. The molecule has 0 saturated carbocycles. The van der Waals surface area contributed by atoms with Crippen molar-refractivity contribution in [3.8, 4) is 0 Å². The third kappa shape index (κ3) is 2.38. The van der Waals surface area contributed by atoms with Crippen LogP contribution >= 0.6 is 31.9 Å². The number of halogens is 2. The molecule has 4 heteroatoms. The summed E-state index contributed by atoms with van der Waals surface area (Å²) >= 11 is 6.85. The monoisotopic (exact) mass is 343 g/mol. The molecule has 2 nitrogen and oxygen atoms in total. The highest BCUT2D eigenvalue weighted by atomic mass is 79.9. The maximum absolute atomic E-state index is 11.8. The Morgan fingerprint density at radius 3 is 2.44 bits per heavy atom. The van der Waals surface area contributed by atoms with E-state index in [9.17, 15) is 4.79 Å². The summed E-state index contributed by atoms with van der Waals surface area (Å²) < 4.78 is 1.93. The first-order valence-electron chi connectivity index (χ1n) is 4.99. The van der Waals surface area contributed by atoms with Crippen molar-refractivity contribution in [3.63, 3.8) is 0 Å². The van der Waals surface area contributed by atoms with Crippen molar-refractivity contribution in [3.05, 3.63) is 39.8 Å². The van der Waals surface area contributed by atoms with Crippen LogP contribution in [0.4, 0.5) is 5.69 Å². The average Bonchev–Trinajstić information content (AvgIpc) is 2.58. The SMILES string of the molecule is C=CC1CC(=O)N(c2cc(Br)cc(Br)c2)C1. The summed E-state index contributed by atoms with van der Waals surface area (Å²) in [6, 6.07) is 5.86. The lowest BCUT2D eigenvalue weighted by Gasteiger charge is -2.16. The first-order chi connectivity index (χ1) is 7.60. The number of hydrogen-bond donors (Lipinski definition) is 0. The molecule has 1 aliphatic heterocycles. The van der Waals surface area contributed by atoms with Crippen LogP contribution < -0.4 is 4.90 Å². The fraction of sp³-hybridized carbons (Fsp3) is 0.250. The molecule has 0 aliphatic carbocycles. The summed E-state index contributed by atoms with van der Waals surface area (Å²) in [5.41, 5.74) is 0.926. The molecule has 1 heterocycles. The van der Waals surface area contributed by atoms with Gasteiger partial charge in [0.25, 0.3) is 0 Å². The molecule has 0 spiro atoms. The quantitative estimate of drug-likeness (QED) is 0.748. The Bertz CT molecular complexity index is 424. The van der Waals surface area contributed by atoms with E-state index in [2.05, 4.69) is 38.4 Å². The van der Waals surface area contributed by atoms with Gasteiger partial charge in [0.05, 0.1) is 0 Å². The number of rotatable bonds is 2. The minimum absolute atomic E-state index is 0.162. The Balaban J connectivity index is 2.30. The highest BCUT2D eigenvalue weighted by molar-refractivity contribution is 9.11. The molecular formula is C12H11Br2NO. The number of benzene rings is 1. The predicted octanol–water partition coefficient (Wildman–Crippen LogP) is 3.75. The number of anilines is 1. The summed E-state index contributed by atoms with van der Waals surface area (Å²) in [5.74, 6) is 0.431. The third-order valence-corrected chi connectivity index (χ3v) is 3.56. The van der Waals surface area contributed by atoms with Crippen LogP contribution in [-0.2, 0) is 4.79 Å². The van der Waals surface area contributed by atoms with Gasteiger partial charge in [-0.3, -0.25) is 4.79 Å². The van der Waals surface area contributed by atoms with Gasteiger partial charge in [0, 0.05) is 33.5 Å². The summed E-state index contributed by atoms with van der Waals surface area (Å²) in [6.45, 7) is 4.47.